The zero-order chi connectivity index (χ0) is 11.0. The monoisotopic (exact) mass is 196 g/mol. The van der Waals surface area contributed by atoms with Gasteiger partial charge in [0.25, 0.3) is 0 Å². The minimum absolute atomic E-state index is 0.619. The van der Waals surface area contributed by atoms with Crippen molar-refractivity contribution in [1.82, 2.24) is 4.90 Å². The molecule has 0 saturated heterocycles. The third kappa shape index (κ3) is 4.45. The standard InChI is InChI=1S/C12H24N2/c1-6-8-12(9-7-2)11(3)14(5)10-13-4/h10,12H,3,6-9H2,1-2,4-5H3. The van der Waals surface area contributed by atoms with Crippen LogP contribution in [0.1, 0.15) is 39.5 Å². The van der Waals surface area contributed by atoms with Crippen molar-refractivity contribution in [3.05, 3.63) is 12.3 Å². The molecule has 0 unspecified atom stereocenters. The molecule has 0 saturated carbocycles. The molecule has 0 amide bonds. The van der Waals surface area contributed by atoms with E-state index in [1.54, 1.807) is 7.05 Å². The van der Waals surface area contributed by atoms with Gasteiger partial charge in [0, 0.05) is 19.8 Å². The van der Waals surface area contributed by atoms with Crippen molar-refractivity contribution in [1.29, 1.82) is 0 Å². The van der Waals surface area contributed by atoms with Crippen LogP contribution >= 0.6 is 0 Å². The zero-order valence-electron chi connectivity index (χ0n) is 10.1. The van der Waals surface area contributed by atoms with E-state index in [9.17, 15) is 0 Å². The Labute approximate surface area is 88.7 Å². The number of hydrogen-bond donors (Lipinski definition) is 0. The van der Waals surface area contributed by atoms with Gasteiger partial charge < -0.3 is 4.90 Å². The molecule has 2 nitrogen and oxygen atoms in total. The van der Waals surface area contributed by atoms with Crippen LogP contribution in [0.2, 0.25) is 0 Å². The molecule has 0 N–H and O–H groups in total. The molecule has 0 aromatic carbocycles. The van der Waals surface area contributed by atoms with E-state index < -0.39 is 0 Å². The summed E-state index contributed by atoms with van der Waals surface area (Å²) < 4.78 is 0. The number of rotatable bonds is 7. The summed E-state index contributed by atoms with van der Waals surface area (Å²) in [4.78, 5) is 6.04. The maximum atomic E-state index is 4.15. The predicted octanol–water partition coefficient (Wildman–Crippen LogP) is 3.31. The zero-order valence-corrected chi connectivity index (χ0v) is 10.1. The van der Waals surface area contributed by atoms with Gasteiger partial charge in [0.1, 0.15) is 0 Å². The third-order valence-electron chi connectivity index (χ3n) is 2.49. The van der Waals surface area contributed by atoms with Crippen molar-refractivity contribution in [3.8, 4) is 0 Å². The highest BCUT2D eigenvalue weighted by Gasteiger charge is 2.12. The van der Waals surface area contributed by atoms with Crippen LogP contribution < -0.4 is 0 Å². The summed E-state index contributed by atoms with van der Waals surface area (Å²) in [7, 11) is 3.81. The second-order valence-corrected chi connectivity index (χ2v) is 3.75. The minimum atomic E-state index is 0.619. The molecule has 0 aliphatic heterocycles. The van der Waals surface area contributed by atoms with Crippen LogP contribution in [-0.2, 0) is 0 Å². The highest BCUT2D eigenvalue weighted by atomic mass is 15.1. The molecule has 82 valence electrons. The molecule has 0 aliphatic rings. The van der Waals surface area contributed by atoms with Crippen LogP contribution in [0.5, 0.6) is 0 Å². The quantitative estimate of drug-likeness (QED) is 0.450. The highest BCUT2D eigenvalue weighted by Crippen LogP contribution is 2.22. The lowest BCUT2D eigenvalue weighted by atomic mass is 9.95. The molecule has 0 heterocycles. The highest BCUT2D eigenvalue weighted by molar-refractivity contribution is 5.57. The van der Waals surface area contributed by atoms with Gasteiger partial charge in [0.2, 0.25) is 0 Å². The lowest BCUT2D eigenvalue weighted by molar-refractivity contribution is 0.427. The smallest absolute Gasteiger partial charge is 0.0885 e. The van der Waals surface area contributed by atoms with Crippen LogP contribution in [0.3, 0.4) is 0 Å². The summed E-state index contributed by atoms with van der Waals surface area (Å²) in [5.41, 5.74) is 1.19. The fourth-order valence-electron chi connectivity index (χ4n) is 1.71. The summed E-state index contributed by atoms with van der Waals surface area (Å²) >= 11 is 0. The van der Waals surface area contributed by atoms with Crippen molar-refractivity contribution in [2.75, 3.05) is 14.1 Å². The summed E-state index contributed by atoms with van der Waals surface area (Å²) in [5.74, 6) is 0.619. The summed E-state index contributed by atoms with van der Waals surface area (Å²) in [6, 6.07) is 0. The van der Waals surface area contributed by atoms with Crippen LogP contribution in [0.4, 0.5) is 0 Å². The first-order chi connectivity index (χ1) is 6.67. The Morgan fingerprint density at radius 1 is 1.36 bits per heavy atom. The van der Waals surface area contributed by atoms with Gasteiger partial charge in [-0.2, -0.15) is 0 Å². The first-order valence-corrected chi connectivity index (χ1v) is 5.51. The molecule has 14 heavy (non-hydrogen) atoms. The first-order valence-electron chi connectivity index (χ1n) is 5.51. The minimum Gasteiger partial charge on any atom is -0.340 e. The number of nitrogens with zero attached hydrogens (tertiary/aromatic N) is 2. The Balaban J connectivity index is 4.25. The molecular formula is C12H24N2. The van der Waals surface area contributed by atoms with Gasteiger partial charge in [-0.15, -0.1) is 0 Å². The van der Waals surface area contributed by atoms with Gasteiger partial charge in [-0.05, 0) is 18.8 Å². The summed E-state index contributed by atoms with van der Waals surface area (Å²) in [6.07, 6.45) is 6.74. The maximum Gasteiger partial charge on any atom is 0.0885 e. The Morgan fingerprint density at radius 3 is 2.21 bits per heavy atom. The van der Waals surface area contributed by atoms with E-state index in [0.29, 0.717) is 5.92 Å². The van der Waals surface area contributed by atoms with E-state index >= 15 is 0 Å². The van der Waals surface area contributed by atoms with Gasteiger partial charge in [0.05, 0.1) is 6.34 Å². The second kappa shape index (κ2) is 7.60. The van der Waals surface area contributed by atoms with Crippen molar-refractivity contribution >= 4 is 6.34 Å². The Kier molecular flexibility index (Phi) is 7.17. The van der Waals surface area contributed by atoms with E-state index in [-0.39, 0.29) is 0 Å². The molecule has 0 bridgehead atoms. The molecule has 0 aromatic rings. The van der Waals surface area contributed by atoms with Gasteiger partial charge in [-0.25, -0.2) is 0 Å². The van der Waals surface area contributed by atoms with Gasteiger partial charge in [0.15, 0.2) is 0 Å². The molecule has 0 atom stereocenters. The average molecular weight is 196 g/mol. The second-order valence-electron chi connectivity index (χ2n) is 3.75. The molecule has 0 spiro atoms. The largest absolute Gasteiger partial charge is 0.340 e. The normalized spacial score (nSPS) is 11.2. The fraction of sp³-hybridized carbons (Fsp3) is 0.750. The molecule has 0 radical (unpaired) electrons. The van der Waals surface area contributed by atoms with E-state index in [4.69, 9.17) is 0 Å². The average Bonchev–Trinajstić information content (AvgIpc) is 2.17. The molecule has 0 fully saturated rings. The molecule has 0 rings (SSSR count). The lowest BCUT2D eigenvalue weighted by Gasteiger charge is -2.24. The molecule has 0 aromatic heterocycles. The van der Waals surface area contributed by atoms with E-state index in [1.165, 1.54) is 31.4 Å². The number of allylic oxidation sites excluding steroid dienone is 1. The van der Waals surface area contributed by atoms with Crippen LogP contribution in [0.25, 0.3) is 0 Å². The van der Waals surface area contributed by atoms with E-state index in [0.717, 1.165) is 0 Å². The van der Waals surface area contributed by atoms with Crippen molar-refractivity contribution < 1.29 is 0 Å². The van der Waals surface area contributed by atoms with Gasteiger partial charge in [-0.1, -0.05) is 33.3 Å². The lowest BCUT2D eigenvalue weighted by Crippen LogP contribution is -2.21. The van der Waals surface area contributed by atoms with Crippen LogP contribution in [-0.4, -0.2) is 25.3 Å². The fourth-order valence-corrected chi connectivity index (χ4v) is 1.71. The third-order valence-corrected chi connectivity index (χ3v) is 2.49. The van der Waals surface area contributed by atoms with Crippen LogP contribution in [0.15, 0.2) is 17.3 Å². The predicted molar refractivity (Wildman–Crippen MR) is 64.6 cm³/mol. The molecule has 2 heteroatoms. The van der Waals surface area contributed by atoms with E-state index in [1.807, 2.05) is 18.3 Å². The van der Waals surface area contributed by atoms with Gasteiger partial charge in [-0.3, -0.25) is 4.99 Å². The Hall–Kier alpha value is -0.790. The molecular weight excluding hydrogens is 172 g/mol. The maximum absolute atomic E-state index is 4.15. The van der Waals surface area contributed by atoms with Crippen LogP contribution in [0, 0.1) is 5.92 Å². The number of aliphatic imine (C=N–C) groups is 1. The van der Waals surface area contributed by atoms with Gasteiger partial charge >= 0.3 is 0 Å². The first kappa shape index (κ1) is 13.2. The Morgan fingerprint density at radius 2 is 1.86 bits per heavy atom. The molecule has 0 aliphatic carbocycles. The summed E-state index contributed by atoms with van der Waals surface area (Å²) in [6.45, 7) is 8.60. The van der Waals surface area contributed by atoms with E-state index in [2.05, 4.69) is 25.4 Å². The topological polar surface area (TPSA) is 15.6 Å². The van der Waals surface area contributed by atoms with Crippen molar-refractivity contribution in [3.63, 3.8) is 0 Å². The number of hydrogen-bond acceptors (Lipinski definition) is 1. The summed E-state index contributed by atoms with van der Waals surface area (Å²) in [5, 5.41) is 0. The Bertz CT molecular complexity index is 179. The van der Waals surface area contributed by atoms with Crippen molar-refractivity contribution in [2.24, 2.45) is 10.9 Å². The van der Waals surface area contributed by atoms with Crippen molar-refractivity contribution in [2.45, 2.75) is 39.5 Å². The SMILES string of the molecule is C=C(C(CCC)CCC)N(C)C=NC.